The molecule has 0 atom stereocenters. The molecule has 9 aromatic carbocycles. The van der Waals surface area contributed by atoms with Crippen LogP contribution in [0, 0.1) is 0 Å². The summed E-state index contributed by atoms with van der Waals surface area (Å²) in [5.74, 6) is 1.98. The number of hydrogen-bond donors (Lipinski definition) is 0. The third kappa shape index (κ3) is 13.4. The summed E-state index contributed by atoms with van der Waals surface area (Å²) in [6, 6.07) is 79.7. The van der Waals surface area contributed by atoms with Crippen LogP contribution in [0.2, 0.25) is 0 Å². The zero-order valence-electron chi connectivity index (χ0n) is 43.2. The molecule has 0 radical (unpaired) electrons. The lowest BCUT2D eigenvalue weighted by Gasteiger charge is -2.26. The number of carbonyl (C=O) groups is 2. The van der Waals surface area contributed by atoms with Crippen molar-refractivity contribution in [3.63, 3.8) is 0 Å². The van der Waals surface area contributed by atoms with Crippen molar-refractivity contribution in [1.82, 2.24) is 0 Å². The van der Waals surface area contributed by atoms with Crippen LogP contribution in [-0.4, -0.2) is 26.0 Å². The van der Waals surface area contributed by atoms with Crippen molar-refractivity contribution in [2.45, 2.75) is 58.8 Å². The molecule has 372 valence electrons. The largest absolute Gasteiger partial charge is 0.497 e. The molecule has 9 rings (SSSR count). The molecule has 0 aliphatic rings. The van der Waals surface area contributed by atoms with Crippen LogP contribution in [0.25, 0.3) is 0 Å². The number of ether oxygens (including phenoxy) is 3. The Morgan fingerprint density at radius 2 is 0.649 bits per heavy atom. The molecule has 7 nitrogen and oxygen atoms in total. The fraction of sp³-hybridized carbons (Fsp3) is 0.164. The van der Waals surface area contributed by atoms with Gasteiger partial charge in [-0.3, -0.25) is 9.59 Å². The van der Waals surface area contributed by atoms with Crippen LogP contribution in [0.3, 0.4) is 0 Å². The summed E-state index contributed by atoms with van der Waals surface area (Å²) in [6.07, 6.45) is 4.01. The van der Waals surface area contributed by atoms with E-state index in [1.54, 1.807) is 33.3 Å². The molecule has 0 heterocycles. The Morgan fingerprint density at radius 1 is 0.365 bits per heavy atom. The first kappa shape index (κ1) is 51.7. The lowest BCUT2D eigenvalue weighted by Crippen LogP contribution is -2.19. The van der Waals surface area contributed by atoms with Crippen molar-refractivity contribution in [1.29, 1.82) is 0 Å². The molecule has 0 saturated heterocycles. The van der Waals surface area contributed by atoms with Gasteiger partial charge in [0.05, 0.1) is 14.2 Å². The van der Waals surface area contributed by atoms with Gasteiger partial charge < -0.3 is 24.0 Å². The molecular formula is C67H64N2O5. The van der Waals surface area contributed by atoms with Crippen molar-refractivity contribution in [3.8, 4) is 17.2 Å². The summed E-state index contributed by atoms with van der Waals surface area (Å²) < 4.78 is 15.8. The Hall–Kier alpha value is -8.68. The van der Waals surface area contributed by atoms with Gasteiger partial charge in [-0.1, -0.05) is 135 Å². The van der Waals surface area contributed by atoms with Crippen molar-refractivity contribution in [2.24, 2.45) is 0 Å². The minimum Gasteiger partial charge on any atom is -0.497 e. The molecule has 9 aromatic rings. The number of aryl methyl sites for hydroxylation is 4. The first-order chi connectivity index (χ1) is 36.0. The number of rotatable bonds is 18. The highest BCUT2D eigenvalue weighted by molar-refractivity contribution is 5.94. The van der Waals surface area contributed by atoms with Crippen LogP contribution in [0.1, 0.15) is 71.4 Å². The van der Waals surface area contributed by atoms with Gasteiger partial charge >= 0.3 is 5.97 Å². The van der Waals surface area contributed by atoms with Gasteiger partial charge in [-0.25, -0.2) is 0 Å². The van der Waals surface area contributed by atoms with Crippen molar-refractivity contribution in [3.05, 3.63) is 269 Å². The highest BCUT2D eigenvalue weighted by Crippen LogP contribution is 2.38. The summed E-state index contributed by atoms with van der Waals surface area (Å²) >= 11 is 0. The number of ketones is 1. The van der Waals surface area contributed by atoms with E-state index in [0.717, 1.165) is 82.4 Å². The van der Waals surface area contributed by atoms with Crippen molar-refractivity contribution < 1.29 is 23.8 Å². The van der Waals surface area contributed by atoms with E-state index in [1.165, 1.54) is 29.2 Å². The van der Waals surface area contributed by atoms with Crippen molar-refractivity contribution >= 4 is 45.9 Å². The van der Waals surface area contributed by atoms with Gasteiger partial charge in [-0.15, -0.1) is 0 Å². The number of benzene rings is 9. The maximum absolute atomic E-state index is 11.4. The normalized spacial score (nSPS) is 10.9. The van der Waals surface area contributed by atoms with Gasteiger partial charge in [0.1, 0.15) is 17.2 Å². The molecule has 0 fully saturated rings. The number of para-hydroxylation sites is 2. The molecule has 7 heteroatoms. The average molecular weight is 977 g/mol. The van der Waals surface area contributed by atoms with Gasteiger partial charge in [-0.05, 0) is 175 Å². The SMILES string of the molecule is CC(=O)Oc1ccc(C(C)(C)c2ccc(C(C)=O)cc2)cc1.COc1ccc(N(c2ccccc2)c2ccc(CCc3ccc(CCc4ccc(N(c5ccccc5)c5ccc(OC)cc5)cc4)cc3)cc2)cc1. The molecular weight excluding hydrogens is 913 g/mol. The van der Waals surface area contributed by atoms with E-state index in [4.69, 9.17) is 14.2 Å². The molecule has 0 aliphatic carbocycles. The summed E-state index contributed by atoms with van der Waals surface area (Å²) in [7, 11) is 3.40. The van der Waals surface area contributed by atoms with E-state index in [0.29, 0.717) is 11.3 Å². The Labute approximate surface area is 437 Å². The Morgan fingerprint density at radius 3 is 0.959 bits per heavy atom. The van der Waals surface area contributed by atoms with Crippen LogP contribution in [0.5, 0.6) is 17.2 Å². The monoisotopic (exact) mass is 976 g/mol. The second-order valence-electron chi connectivity index (χ2n) is 18.8. The maximum Gasteiger partial charge on any atom is 0.308 e. The molecule has 0 N–H and O–H groups in total. The fourth-order valence-corrected chi connectivity index (χ4v) is 8.98. The quantitative estimate of drug-likeness (QED) is 0.0482. The predicted octanol–water partition coefficient (Wildman–Crippen LogP) is 16.4. The number of Topliss-reactive ketones (excluding diaryl/α,β-unsaturated/α-hetero) is 1. The van der Waals surface area contributed by atoms with Crippen molar-refractivity contribution in [2.75, 3.05) is 24.0 Å². The Bertz CT molecular complexity index is 3020. The van der Waals surface area contributed by atoms with E-state index >= 15 is 0 Å². The summed E-state index contributed by atoms with van der Waals surface area (Å²) in [6.45, 7) is 7.19. The molecule has 0 spiro atoms. The first-order valence-corrected chi connectivity index (χ1v) is 25.1. The first-order valence-electron chi connectivity index (χ1n) is 25.1. The van der Waals surface area contributed by atoms with E-state index in [9.17, 15) is 9.59 Å². The van der Waals surface area contributed by atoms with E-state index in [-0.39, 0.29) is 17.2 Å². The summed E-state index contributed by atoms with van der Waals surface area (Å²) in [5, 5.41) is 0. The Kier molecular flexibility index (Phi) is 17.2. The smallest absolute Gasteiger partial charge is 0.308 e. The van der Waals surface area contributed by atoms with Gasteiger partial charge in [-0.2, -0.15) is 0 Å². The predicted molar refractivity (Wildman–Crippen MR) is 303 cm³/mol. The molecule has 0 aromatic heterocycles. The van der Waals surface area contributed by atoms with Crippen LogP contribution in [-0.2, 0) is 35.9 Å². The number of hydrogen-bond acceptors (Lipinski definition) is 7. The topological polar surface area (TPSA) is 68.3 Å². The van der Waals surface area contributed by atoms with Gasteiger partial charge in [0.25, 0.3) is 0 Å². The molecule has 0 saturated carbocycles. The average Bonchev–Trinajstić information content (AvgIpc) is 3.44. The maximum atomic E-state index is 11.4. The number of esters is 1. The highest BCUT2D eigenvalue weighted by Gasteiger charge is 2.23. The second-order valence-corrected chi connectivity index (χ2v) is 18.8. The molecule has 0 bridgehead atoms. The minimum absolute atomic E-state index is 0.0649. The highest BCUT2D eigenvalue weighted by atomic mass is 16.5. The molecule has 0 unspecified atom stereocenters. The third-order valence-electron chi connectivity index (χ3n) is 13.4. The van der Waals surface area contributed by atoms with E-state index < -0.39 is 0 Å². The van der Waals surface area contributed by atoms with E-state index in [2.05, 4.69) is 181 Å². The standard InChI is InChI=1S/C48H44N2O2.C19H20O3/c1-51-47-33-29-45(30-34-47)49(41-9-5-3-6-10-41)43-25-21-39(22-26-43)19-17-37-13-15-38(16-14-37)18-20-40-23-27-44(28-24-40)50(42-11-7-4-8-12-42)46-31-35-48(52-2)36-32-46;1-13(20)15-5-7-16(8-6-15)19(3,4)17-9-11-18(12-10-17)22-14(2)21/h3-16,21-36H,17-20H2,1-2H3;5-12H,1-4H3. The van der Waals surface area contributed by atoms with Gasteiger partial charge in [0.15, 0.2) is 5.78 Å². The molecule has 74 heavy (non-hydrogen) atoms. The van der Waals surface area contributed by atoms with Gasteiger partial charge in [0, 0.05) is 52.0 Å². The lowest BCUT2D eigenvalue weighted by molar-refractivity contribution is -0.131. The number of carbonyl (C=O) groups excluding carboxylic acids is 2. The Balaban J connectivity index is 0.000000277. The van der Waals surface area contributed by atoms with Gasteiger partial charge in [0.2, 0.25) is 0 Å². The second kappa shape index (κ2) is 24.6. The number of nitrogens with zero attached hydrogens (tertiary/aromatic N) is 2. The van der Waals surface area contributed by atoms with Crippen LogP contribution in [0.4, 0.5) is 34.1 Å². The fourth-order valence-electron chi connectivity index (χ4n) is 8.98. The zero-order chi connectivity index (χ0) is 51.9. The summed E-state index contributed by atoms with van der Waals surface area (Å²) in [4.78, 5) is 26.9. The van der Waals surface area contributed by atoms with Crippen LogP contribution < -0.4 is 24.0 Å². The summed E-state index contributed by atoms with van der Waals surface area (Å²) in [5.41, 5.74) is 14.8. The number of methoxy groups -OCH3 is 2. The van der Waals surface area contributed by atoms with E-state index in [1.807, 2.05) is 60.7 Å². The zero-order valence-corrected chi connectivity index (χ0v) is 43.2. The minimum atomic E-state index is -0.327. The molecule has 0 aliphatic heterocycles. The third-order valence-corrected chi connectivity index (χ3v) is 13.4. The van der Waals surface area contributed by atoms with Crippen LogP contribution >= 0.6 is 0 Å². The number of anilines is 6. The molecule has 0 amide bonds. The lowest BCUT2D eigenvalue weighted by atomic mass is 9.78. The van der Waals surface area contributed by atoms with Crippen LogP contribution in [0.15, 0.2) is 231 Å².